The number of carbonyl (C=O) groups is 1. The molecule has 1 aromatic heterocycles. The van der Waals surface area contributed by atoms with Crippen LogP contribution in [0.4, 0.5) is 0 Å². The summed E-state index contributed by atoms with van der Waals surface area (Å²) in [7, 11) is 0. The molecule has 1 unspecified atom stereocenters. The standard InChI is InChI=1S/C13H16N2O3/c1-13(2,3)12-15-8-6-7(10(14)11(16)17)4-5-9(8)18-12/h4-6,10H,14H2,1-3H3,(H,16,17). The normalized spacial score (nSPS) is 13.8. The number of rotatable bonds is 2. The number of hydrogen-bond donors (Lipinski definition) is 2. The van der Waals surface area contributed by atoms with Crippen molar-refractivity contribution in [1.82, 2.24) is 4.98 Å². The Kier molecular flexibility index (Phi) is 2.86. The molecular weight excluding hydrogens is 232 g/mol. The highest BCUT2D eigenvalue weighted by Crippen LogP contribution is 2.27. The Bertz CT molecular complexity index is 596. The van der Waals surface area contributed by atoms with Gasteiger partial charge in [-0.15, -0.1) is 0 Å². The number of benzene rings is 1. The van der Waals surface area contributed by atoms with E-state index in [1.165, 1.54) is 0 Å². The molecule has 96 valence electrons. The molecule has 18 heavy (non-hydrogen) atoms. The maximum absolute atomic E-state index is 10.8. The van der Waals surface area contributed by atoms with Crippen LogP contribution in [0.3, 0.4) is 0 Å². The quantitative estimate of drug-likeness (QED) is 0.850. The summed E-state index contributed by atoms with van der Waals surface area (Å²) >= 11 is 0. The van der Waals surface area contributed by atoms with Crippen molar-refractivity contribution in [3.63, 3.8) is 0 Å². The van der Waals surface area contributed by atoms with E-state index in [0.29, 0.717) is 22.6 Å². The van der Waals surface area contributed by atoms with E-state index < -0.39 is 12.0 Å². The molecule has 3 N–H and O–H groups in total. The van der Waals surface area contributed by atoms with E-state index in [-0.39, 0.29) is 5.41 Å². The molecule has 5 heteroatoms. The number of aliphatic carboxylic acids is 1. The molecule has 0 amide bonds. The van der Waals surface area contributed by atoms with Crippen LogP contribution in [-0.2, 0) is 10.2 Å². The summed E-state index contributed by atoms with van der Waals surface area (Å²) in [5.41, 5.74) is 7.17. The Morgan fingerprint density at radius 3 is 2.67 bits per heavy atom. The SMILES string of the molecule is CC(C)(C)c1nc2cc(C(N)C(=O)O)ccc2o1. The third-order valence-corrected chi connectivity index (χ3v) is 2.68. The number of fused-ring (bicyclic) bond motifs is 1. The van der Waals surface area contributed by atoms with Crippen LogP contribution in [0.2, 0.25) is 0 Å². The van der Waals surface area contributed by atoms with Crippen LogP contribution < -0.4 is 5.73 Å². The maximum atomic E-state index is 10.8. The topological polar surface area (TPSA) is 89.3 Å². The van der Waals surface area contributed by atoms with Crippen LogP contribution >= 0.6 is 0 Å². The number of oxazole rings is 1. The number of nitrogens with zero attached hydrogens (tertiary/aromatic N) is 1. The van der Waals surface area contributed by atoms with Crippen LogP contribution in [0, 0.1) is 0 Å². The molecule has 0 saturated heterocycles. The summed E-state index contributed by atoms with van der Waals surface area (Å²) in [5.74, 6) is -0.438. The minimum absolute atomic E-state index is 0.186. The molecule has 0 aliphatic carbocycles. The third-order valence-electron chi connectivity index (χ3n) is 2.68. The Morgan fingerprint density at radius 2 is 2.11 bits per heavy atom. The van der Waals surface area contributed by atoms with Crippen molar-refractivity contribution in [3.8, 4) is 0 Å². The van der Waals surface area contributed by atoms with Gasteiger partial charge in [0.25, 0.3) is 0 Å². The number of hydrogen-bond acceptors (Lipinski definition) is 4. The first-order valence-corrected chi connectivity index (χ1v) is 5.68. The largest absolute Gasteiger partial charge is 0.480 e. The average Bonchev–Trinajstić information content (AvgIpc) is 2.69. The van der Waals surface area contributed by atoms with E-state index in [4.69, 9.17) is 15.3 Å². The molecule has 2 rings (SSSR count). The molecule has 0 saturated carbocycles. The second kappa shape index (κ2) is 4.10. The van der Waals surface area contributed by atoms with Crippen molar-refractivity contribution in [3.05, 3.63) is 29.7 Å². The Labute approximate surface area is 105 Å². The summed E-state index contributed by atoms with van der Waals surface area (Å²) < 4.78 is 5.63. The van der Waals surface area contributed by atoms with Gasteiger partial charge in [-0.2, -0.15) is 0 Å². The Morgan fingerprint density at radius 1 is 1.44 bits per heavy atom. The van der Waals surface area contributed by atoms with Gasteiger partial charge in [-0.25, -0.2) is 4.98 Å². The lowest BCUT2D eigenvalue weighted by atomic mass is 9.97. The predicted octanol–water partition coefficient (Wildman–Crippen LogP) is 2.21. The molecule has 1 aromatic carbocycles. The van der Waals surface area contributed by atoms with Crippen molar-refractivity contribution in [1.29, 1.82) is 0 Å². The fraction of sp³-hybridized carbons (Fsp3) is 0.385. The van der Waals surface area contributed by atoms with Crippen molar-refractivity contribution >= 4 is 17.1 Å². The van der Waals surface area contributed by atoms with Gasteiger partial charge >= 0.3 is 5.97 Å². The second-order valence-corrected chi connectivity index (χ2v) is 5.31. The summed E-state index contributed by atoms with van der Waals surface area (Å²) in [5, 5.41) is 8.87. The second-order valence-electron chi connectivity index (χ2n) is 5.31. The van der Waals surface area contributed by atoms with Gasteiger partial charge in [0.2, 0.25) is 5.89 Å². The van der Waals surface area contributed by atoms with Crippen LogP contribution in [0.25, 0.3) is 11.1 Å². The van der Waals surface area contributed by atoms with E-state index in [2.05, 4.69) is 4.98 Å². The Balaban J connectivity index is 2.49. The smallest absolute Gasteiger partial charge is 0.325 e. The van der Waals surface area contributed by atoms with Crippen LogP contribution in [0.1, 0.15) is 38.3 Å². The minimum Gasteiger partial charge on any atom is -0.480 e. The van der Waals surface area contributed by atoms with E-state index in [0.717, 1.165) is 0 Å². The zero-order valence-corrected chi connectivity index (χ0v) is 10.6. The van der Waals surface area contributed by atoms with Gasteiger partial charge in [0.15, 0.2) is 5.58 Å². The lowest BCUT2D eigenvalue weighted by Crippen LogP contribution is -2.20. The van der Waals surface area contributed by atoms with E-state index >= 15 is 0 Å². The first-order valence-electron chi connectivity index (χ1n) is 5.68. The van der Waals surface area contributed by atoms with Gasteiger partial charge in [-0.05, 0) is 17.7 Å². The van der Waals surface area contributed by atoms with Gasteiger partial charge in [0.1, 0.15) is 11.6 Å². The van der Waals surface area contributed by atoms with Gasteiger partial charge in [-0.3, -0.25) is 4.79 Å². The van der Waals surface area contributed by atoms with Crippen LogP contribution in [-0.4, -0.2) is 16.1 Å². The zero-order chi connectivity index (χ0) is 13.5. The fourth-order valence-electron chi connectivity index (χ4n) is 1.60. The first kappa shape index (κ1) is 12.6. The van der Waals surface area contributed by atoms with Crippen molar-refractivity contribution in [2.24, 2.45) is 5.73 Å². The van der Waals surface area contributed by atoms with Gasteiger partial charge in [-0.1, -0.05) is 26.8 Å². The molecule has 0 aliphatic heterocycles. The molecule has 0 bridgehead atoms. The summed E-state index contributed by atoms with van der Waals surface area (Å²) in [4.78, 5) is 15.2. The average molecular weight is 248 g/mol. The van der Waals surface area contributed by atoms with Gasteiger partial charge < -0.3 is 15.3 Å². The maximum Gasteiger partial charge on any atom is 0.325 e. The molecule has 0 spiro atoms. The van der Waals surface area contributed by atoms with Crippen molar-refractivity contribution in [2.75, 3.05) is 0 Å². The first-order chi connectivity index (χ1) is 8.29. The van der Waals surface area contributed by atoms with Crippen molar-refractivity contribution < 1.29 is 14.3 Å². The highest BCUT2D eigenvalue weighted by molar-refractivity contribution is 5.79. The highest BCUT2D eigenvalue weighted by Gasteiger charge is 2.22. The van der Waals surface area contributed by atoms with Gasteiger partial charge in [0.05, 0.1) is 0 Å². The molecule has 0 fully saturated rings. The van der Waals surface area contributed by atoms with E-state index in [9.17, 15) is 4.79 Å². The lowest BCUT2D eigenvalue weighted by molar-refractivity contribution is -0.138. The number of aromatic nitrogens is 1. The van der Waals surface area contributed by atoms with Crippen LogP contribution in [0.15, 0.2) is 22.6 Å². The number of nitrogens with two attached hydrogens (primary N) is 1. The summed E-state index contributed by atoms with van der Waals surface area (Å²) in [6.45, 7) is 6.00. The molecule has 1 heterocycles. The van der Waals surface area contributed by atoms with Crippen molar-refractivity contribution in [2.45, 2.75) is 32.2 Å². The Hall–Kier alpha value is -1.88. The summed E-state index contributed by atoms with van der Waals surface area (Å²) in [6.07, 6.45) is 0. The fourth-order valence-corrected chi connectivity index (χ4v) is 1.60. The predicted molar refractivity (Wildman–Crippen MR) is 67.3 cm³/mol. The third kappa shape index (κ3) is 2.22. The molecule has 0 aliphatic rings. The number of carboxylic acid groups (broad SMARTS) is 1. The molecule has 5 nitrogen and oxygen atoms in total. The van der Waals surface area contributed by atoms with Gasteiger partial charge in [0, 0.05) is 5.41 Å². The minimum atomic E-state index is -1.06. The zero-order valence-electron chi connectivity index (χ0n) is 10.6. The molecular formula is C13H16N2O3. The summed E-state index contributed by atoms with van der Waals surface area (Å²) in [6, 6.07) is 3.98. The molecule has 2 aromatic rings. The molecule has 1 atom stereocenters. The van der Waals surface area contributed by atoms with Crippen LogP contribution in [0.5, 0.6) is 0 Å². The van der Waals surface area contributed by atoms with E-state index in [1.807, 2.05) is 20.8 Å². The number of carboxylic acids is 1. The molecule has 0 radical (unpaired) electrons. The van der Waals surface area contributed by atoms with E-state index in [1.54, 1.807) is 18.2 Å². The monoisotopic (exact) mass is 248 g/mol. The lowest BCUT2D eigenvalue weighted by Gasteiger charge is -2.11. The highest BCUT2D eigenvalue weighted by atomic mass is 16.4.